The molecule has 0 heterocycles. The summed E-state index contributed by atoms with van der Waals surface area (Å²) in [5.41, 5.74) is 0.554. The van der Waals surface area contributed by atoms with Crippen molar-refractivity contribution in [2.75, 3.05) is 0 Å². The van der Waals surface area contributed by atoms with Crippen LogP contribution in [-0.2, 0) is 0 Å². The second-order valence-electron chi connectivity index (χ2n) is 5.78. The van der Waals surface area contributed by atoms with Crippen molar-refractivity contribution in [2.45, 2.75) is 58.0 Å². The van der Waals surface area contributed by atoms with E-state index in [0.29, 0.717) is 17.5 Å². The fraction of sp³-hybridized carbons (Fsp3) is 0.625. The third-order valence-corrected chi connectivity index (χ3v) is 4.25. The Morgan fingerprint density at radius 3 is 2.63 bits per heavy atom. The highest BCUT2D eigenvalue weighted by molar-refractivity contribution is 5.21. The molecule has 0 radical (unpaired) electrons. The second kappa shape index (κ2) is 6.47. The molecule has 2 rings (SSSR count). The Morgan fingerprint density at radius 2 is 1.89 bits per heavy atom. The van der Waals surface area contributed by atoms with Gasteiger partial charge in [0.05, 0.1) is 0 Å². The van der Waals surface area contributed by atoms with Gasteiger partial charge in [0.15, 0.2) is 0 Å². The van der Waals surface area contributed by atoms with Crippen molar-refractivity contribution < 1.29 is 8.78 Å². The van der Waals surface area contributed by atoms with Crippen LogP contribution in [0.4, 0.5) is 8.78 Å². The Balaban J connectivity index is 2.04. The maximum atomic E-state index is 13.8. The Labute approximate surface area is 114 Å². The summed E-state index contributed by atoms with van der Waals surface area (Å²) in [6, 6.07) is 4.19. The van der Waals surface area contributed by atoms with Gasteiger partial charge in [-0.15, -0.1) is 0 Å². The fourth-order valence-corrected chi connectivity index (χ4v) is 3.00. The molecule has 0 aromatic heterocycles. The third-order valence-electron chi connectivity index (χ3n) is 4.25. The van der Waals surface area contributed by atoms with E-state index in [-0.39, 0.29) is 6.04 Å². The number of hydrogen-bond donors (Lipinski definition) is 1. The summed E-state index contributed by atoms with van der Waals surface area (Å²) in [4.78, 5) is 0. The lowest BCUT2D eigenvalue weighted by Gasteiger charge is -2.27. The first-order chi connectivity index (χ1) is 9.08. The minimum Gasteiger partial charge on any atom is -0.307 e. The quantitative estimate of drug-likeness (QED) is 0.790. The van der Waals surface area contributed by atoms with Crippen molar-refractivity contribution >= 4 is 0 Å². The SMILES string of the molecule is CC(NC1CCCCCC1C)c1ccc(F)cc1F. The first kappa shape index (κ1) is 14.4. The zero-order valence-electron chi connectivity index (χ0n) is 11.8. The number of halogens is 2. The molecular weight excluding hydrogens is 244 g/mol. The summed E-state index contributed by atoms with van der Waals surface area (Å²) in [5.74, 6) is -0.356. The molecule has 3 heteroatoms. The average Bonchev–Trinajstić information content (AvgIpc) is 2.55. The standard InChI is InChI=1S/C16H23F2N/c1-11-6-4-3-5-7-16(11)19-12(2)14-9-8-13(17)10-15(14)18/h8-12,16,19H,3-7H2,1-2H3. The molecule has 1 fully saturated rings. The van der Waals surface area contributed by atoms with Gasteiger partial charge in [0.25, 0.3) is 0 Å². The van der Waals surface area contributed by atoms with E-state index in [1.165, 1.54) is 31.7 Å². The fourth-order valence-electron chi connectivity index (χ4n) is 3.00. The number of nitrogens with one attached hydrogen (secondary N) is 1. The maximum Gasteiger partial charge on any atom is 0.130 e. The zero-order chi connectivity index (χ0) is 13.8. The van der Waals surface area contributed by atoms with Crippen molar-refractivity contribution in [3.05, 3.63) is 35.4 Å². The molecule has 1 nitrogen and oxygen atoms in total. The lowest BCUT2D eigenvalue weighted by atomic mass is 9.95. The van der Waals surface area contributed by atoms with E-state index in [4.69, 9.17) is 0 Å². The first-order valence-electron chi connectivity index (χ1n) is 7.29. The predicted molar refractivity (Wildman–Crippen MR) is 73.9 cm³/mol. The molecule has 0 saturated heterocycles. The Hall–Kier alpha value is -0.960. The van der Waals surface area contributed by atoms with E-state index in [1.807, 2.05) is 6.92 Å². The normalized spacial score (nSPS) is 25.9. The van der Waals surface area contributed by atoms with Gasteiger partial charge >= 0.3 is 0 Å². The minimum absolute atomic E-state index is 0.0776. The Morgan fingerprint density at radius 1 is 1.16 bits per heavy atom. The molecule has 1 aliphatic rings. The lowest BCUT2D eigenvalue weighted by molar-refractivity contribution is 0.326. The van der Waals surface area contributed by atoms with Crippen LogP contribution in [0.5, 0.6) is 0 Å². The van der Waals surface area contributed by atoms with Crippen LogP contribution in [0.1, 0.15) is 57.6 Å². The smallest absolute Gasteiger partial charge is 0.130 e. The topological polar surface area (TPSA) is 12.0 Å². The van der Waals surface area contributed by atoms with Gasteiger partial charge in [0.2, 0.25) is 0 Å². The van der Waals surface area contributed by atoms with E-state index in [1.54, 1.807) is 6.07 Å². The largest absolute Gasteiger partial charge is 0.307 e. The van der Waals surface area contributed by atoms with Crippen molar-refractivity contribution in [2.24, 2.45) is 5.92 Å². The lowest BCUT2D eigenvalue weighted by Crippen LogP contribution is -2.36. The van der Waals surface area contributed by atoms with E-state index in [2.05, 4.69) is 12.2 Å². The first-order valence-corrected chi connectivity index (χ1v) is 7.29. The van der Waals surface area contributed by atoms with Crippen LogP contribution in [0.15, 0.2) is 18.2 Å². The van der Waals surface area contributed by atoms with Gasteiger partial charge in [-0.05, 0) is 31.7 Å². The molecule has 3 unspecified atom stereocenters. The van der Waals surface area contributed by atoms with Crippen LogP contribution in [0.2, 0.25) is 0 Å². The Kier molecular flexibility index (Phi) is 4.92. The highest BCUT2D eigenvalue weighted by Crippen LogP contribution is 2.26. The molecule has 0 spiro atoms. The number of hydrogen-bond acceptors (Lipinski definition) is 1. The molecule has 1 N–H and O–H groups in total. The van der Waals surface area contributed by atoms with Crippen molar-refractivity contribution in [1.82, 2.24) is 5.32 Å². The van der Waals surface area contributed by atoms with Crippen LogP contribution in [-0.4, -0.2) is 6.04 Å². The second-order valence-corrected chi connectivity index (χ2v) is 5.78. The van der Waals surface area contributed by atoms with E-state index in [0.717, 1.165) is 12.5 Å². The van der Waals surface area contributed by atoms with Gasteiger partial charge in [-0.1, -0.05) is 32.3 Å². The minimum atomic E-state index is -0.517. The van der Waals surface area contributed by atoms with Gasteiger partial charge in [-0.3, -0.25) is 0 Å². The van der Waals surface area contributed by atoms with Crippen molar-refractivity contribution in [3.63, 3.8) is 0 Å². The zero-order valence-corrected chi connectivity index (χ0v) is 11.8. The maximum absolute atomic E-state index is 13.8. The average molecular weight is 267 g/mol. The van der Waals surface area contributed by atoms with E-state index in [9.17, 15) is 8.78 Å². The van der Waals surface area contributed by atoms with E-state index >= 15 is 0 Å². The molecule has 19 heavy (non-hydrogen) atoms. The molecular formula is C16H23F2N. The van der Waals surface area contributed by atoms with Crippen LogP contribution in [0, 0.1) is 17.6 Å². The molecule has 1 aromatic carbocycles. The van der Waals surface area contributed by atoms with Gasteiger partial charge in [-0.2, -0.15) is 0 Å². The molecule has 0 bridgehead atoms. The van der Waals surface area contributed by atoms with Gasteiger partial charge in [0.1, 0.15) is 11.6 Å². The van der Waals surface area contributed by atoms with Crippen LogP contribution >= 0.6 is 0 Å². The summed E-state index contributed by atoms with van der Waals surface area (Å²) >= 11 is 0. The number of benzene rings is 1. The molecule has 0 aliphatic heterocycles. The van der Waals surface area contributed by atoms with Gasteiger partial charge in [0, 0.05) is 23.7 Å². The highest BCUT2D eigenvalue weighted by atomic mass is 19.1. The highest BCUT2D eigenvalue weighted by Gasteiger charge is 2.22. The van der Waals surface area contributed by atoms with Gasteiger partial charge < -0.3 is 5.32 Å². The summed E-state index contributed by atoms with van der Waals surface area (Å²) in [7, 11) is 0. The molecule has 1 saturated carbocycles. The monoisotopic (exact) mass is 267 g/mol. The molecule has 1 aliphatic carbocycles. The number of rotatable bonds is 3. The summed E-state index contributed by atoms with van der Waals surface area (Å²) in [6.45, 7) is 4.21. The third kappa shape index (κ3) is 3.75. The van der Waals surface area contributed by atoms with Crippen molar-refractivity contribution in [3.8, 4) is 0 Å². The van der Waals surface area contributed by atoms with Crippen LogP contribution in [0.25, 0.3) is 0 Å². The predicted octanol–water partition coefficient (Wildman–Crippen LogP) is 4.58. The van der Waals surface area contributed by atoms with E-state index < -0.39 is 11.6 Å². The van der Waals surface area contributed by atoms with Crippen LogP contribution in [0.3, 0.4) is 0 Å². The molecule has 0 amide bonds. The molecule has 1 aromatic rings. The Bertz CT molecular complexity index is 419. The summed E-state index contributed by atoms with van der Waals surface area (Å²) in [6.07, 6.45) is 6.20. The van der Waals surface area contributed by atoms with Gasteiger partial charge in [-0.25, -0.2) is 8.78 Å². The summed E-state index contributed by atoms with van der Waals surface area (Å²) in [5, 5.41) is 3.52. The van der Waals surface area contributed by atoms with Crippen LogP contribution < -0.4 is 5.32 Å². The summed E-state index contributed by atoms with van der Waals surface area (Å²) < 4.78 is 26.7. The molecule has 106 valence electrons. The van der Waals surface area contributed by atoms with Crippen molar-refractivity contribution in [1.29, 1.82) is 0 Å². The molecule has 3 atom stereocenters.